The lowest BCUT2D eigenvalue weighted by atomic mass is 9.49. The Labute approximate surface area is 157 Å². The molecule has 3 atom stereocenters. The average molecular weight is 349 g/mol. The second kappa shape index (κ2) is 9.77. The van der Waals surface area contributed by atoms with Crippen molar-refractivity contribution < 1.29 is 5.11 Å². The van der Waals surface area contributed by atoms with Crippen molar-refractivity contribution in [3.8, 4) is 0 Å². The molecule has 4 fully saturated rings. The van der Waals surface area contributed by atoms with Crippen LogP contribution >= 0.6 is 0 Å². The van der Waals surface area contributed by atoms with Crippen LogP contribution in [0.1, 0.15) is 122 Å². The number of rotatable bonds is 13. The summed E-state index contributed by atoms with van der Waals surface area (Å²) < 4.78 is 0. The molecule has 0 spiro atoms. The zero-order chi connectivity index (χ0) is 17.5. The molecule has 0 aromatic heterocycles. The van der Waals surface area contributed by atoms with Crippen LogP contribution in [0, 0.1) is 23.7 Å². The summed E-state index contributed by atoms with van der Waals surface area (Å²) in [5.41, 5.74) is -0.244. The fourth-order valence-corrected chi connectivity index (χ4v) is 6.81. The van der Waals surface area contributed by atoms with Crippen LogP contribution in [0.15, 0.2) is 0 Å². The molecular formula is C24H44O. The van der Waals surface area contributed by atoms with E-state index in [1.165, 1.54) is 103 Å². The molecule has 146 valence electrons. The second-order valence-corrected chi connectivity index (χ2v) is 10.00. The average Bonchev–Trinajstić information content (AvgIpc) is 2.56. The van der Waals surface area contributed by atoms with Crippen molar-refractivity contribution >= 4 is 0 Å². The molecule has 0 heterocycles. The first-order valence-electron chi connectivity index (χ1n) is 11.9. The zero-order valence-corrected chi connectivity index (χ0v) is 17.0. The Bertz CT molecular complexity index is 362. The third-order valence-electron chi connectivity index (χ3n) is 7.85. The minimum absolute atomic E-state index is 0.244. The Hall–Kier alpha value is -0.0400. The maximum atomic E-state index is 11.1. The lowest BCUT2D eigenvalue weighted by Crippen LogP contribution is -2.57. The summed E-state index contributed by atoms with van der Waals surface area (Å²) >= 11 is 0. The quantitative estimate of drug-likeness (QED) is 0.347. The minimum atomic E-state index is -0.244. The third kappa shape index (κ3) is 5.47. The van der Waals surface area contributed by atoms with E-state index in [-0.39, 0.29) is 5.60 Å². The smallest absolute Gasteiger partial charge is 0.0683 e. The molecule has 0 aromatic carbocycles. The van der Waals surface area contributed by atoms with Gasteiger partial charge in [0.25, 0.3) is 0 Å². The Morgan fingerprint density at radius 1 is 0.680 bits per heavy atom. The van der Waals surface area contributed by atoms with Crippen LogP contribution in [0.2, 0.25) is 0 Å². The van der Waals surface area contributed by atoms with E-state index in [4.69, 9.17) is 0 Å². The maximum Gasteiger partial charge on any atom is 0.0683 e. The summed E-state index contributed by atoms with van der Waals surface area (Å²) in [5, 5.41) is 11.1. The van der Waals surface area contributed by atoms with Gasteiger partial charge in [-0.15, -0.1) is 0 Å². The van der Waals surface area contributed by atoms with E-state index < -0.39 is 0 Å². The van der Waals surface area contributed by atoms with Gasteiger partial charge in [0.05, 0.1) is 5.60 Å². The van der Waals surface area contributed by atoms with Gasteiger partial charge in [0.15, 0.2) is 0 Å². The standard InChI is InChI=1S/C24H44O/c1-2-3-4-5-6-7-8-9-10-11-12-13-14-23-22-16-20-15-21(17-22)19-24(23,25)18-20/h20-23,25H,2-19H2,1H3. The molecular weight excluding hydrogens is 304 g/mol. The van der Waals surface area contributed by atoms with Gasteiger partial charge in [-0.2, -0.15) is 0 Å². The molecule has 25 heavy (non-hydrogen) atoms. The van der Waals surface area contributed by atoms with Crippen LogP contribution < -0.4 is 0 Å². The third-order valence-corrected chi connectivity index (χ3v) is 7.85. The first-order valence-corrected chi connectivity index (χ1v) is 11.9. The Morgan fingerprint density at radius 2 is 1.16 bits per heavy atom. The molecule has 0 saturated heterocycles. The monoisotopic (exact) mass is 348 g/mol. The molecule has 0 aliphatic heterocycles. The summed E-state index contributed by atoms with van der Waals surface area (Å²) in [4.78, 5) is 0. The Kier molecular flexibility index (Phi) is 7.70. The molecule has 1 N–H and O–H groups in total. The number of unbranched alkanes of at least 4 members (excludes halogenated alkanes) is 11. The van der Waals surface area contributed by atoms with E-state index in [1.807, 2.05) is 0 Å². The lowest BCUT2D eigenvalue weighted by Gasteiger charge is -2.59. The van der Waals surface area contributed by atoms with Crippen molar-refractivity contribution in [2.75, 3.05) is 0 Å². The van der Waals surface area contributed by atoms with Crippen LogP contribution in [0.5, 0.6) is 0 Å². The first kappa shape index (κ1) is 19.7. The van der Waals surface area contributed by atoms with E-state index in [0.717, 1.165) is 30.6 Å². The number of hydrogen-bond donors (Lipinski definition) is 1. The van der Waals surface area contributed by atoms with E-state index in [9.17, 15) is 5.11 Å². The highest BCUT2D eigenvalue weighted by Crippen LogP contribution is 2.59. The fourth-order valence-electron chi connectivity index (χ4n) is 6.81. The van der Waals surface area contributed by atoms with E-state index >= 15 is 0 Å². The summed E-state index contributed by atoms with van der Waals surface area (Å²) in [6.45, 7) is 2.30. The second-order valence-electron chi connectivity index (χ2n) is 10.00. The van der Waals surface area contributed by atoms with Gasteiger partial charge >= 0.3 is 0 Å². The number of hydrogen-bond acceptors (Lipinski definition) is 1. The van der Waals surface area contributed by atoms with Crippen molar-refractivity contribution in [2.24, 2.45) is 23.7 Å². The highest BCUT2D eigenvalue weighted by molar-refractivity contribution is 5.06. The van der Waals surface area contributed by atoms with Gasteiger partial charge < -0.3 is 5.11 Å². The van der Waals surface area contributed by atoms with Crippen LogP contribution in [0.4, 0.5) is 0 Å². The molecule has 1 nitrogen and oxygen atoms in total. The van der Waals surface area contributed by atoms with E-state index in [1.54, 1.807) is 0 Å². The maximum absolute atomic E-state index is 11.1. The van der Waals surface area contributed by atoms with Crippen LogP contribution in [0.25, 0.3) is 0 Å². The molecule has 4 rings (SSSR count). The van der Waals surface area contributed by atoms with E-state index in [0.29, 0.717) is 5.92 Å². The molecule has 4 aliphatic rings. The molecule has 0 aromatic rings. The van der Waals surface area contributed by atoms with Crippen molar-refractivity contribution in [3.05, 3.63) is 0 Å². The summed E-state index contributed by atoms with van der Waals surface area (Å²) in [6.07, 6.45) is 25.1. The van der Waals surface area contributed by atoms with Gasteiger partial charge in [0, 0.05) is 0 Å². The summed E-state index contributed by atoms with van der Waals surface area (Å²) in [5.74, 6) is 3.29. The Balaban J connectivity index is 1.18. The van der Waals surface area contributed by atoms with Gasteiger partial charge in [-0.25, -0.2) is 0 Å². The normalized spacial score (nSPS) is 36.2. The van der Waals surface area contributed by atoms with Gasteiger partial charge in [-0.05, 0) is 62.2 Å². The van der Waals surface area contributed by atoms with Gasteiger partial charge in [-0.1, -0.05) is 84.0 Å². The van der Waals surface area contributed by atoms with Crippen molar-refractivity contribution in [1.29, 1.82) is 0 Å². The van der Waals surface area contributed by atoms with E-state index in [2.05, 4.69) is 6.92 Å². The predicted molar refractivity (Wildman–Crippen MR) is 108 cm³/mol. The molecule has 3 unspecified atom stereocenters. The zero-order valence-electron chi connectivity index (χ0n) is 17.0. The fraction of sp³-hybridized carbons (Fsp3) is 1.00. The topological polar surface area (TPSA) is 20.2 Å². The predicted octanol–water partition coefficient (Wildman–Crippen LogP) is 7.26. The van der Waals surface area contributed by atoms with Gasteiger partial charge in [-0.3, -0.25) is 0 Å². The van der Waals surface area contributed by atoms with Gasteiger partial charge in [0.1, 0.15) is 0 Å². The first-order chi connectivity index (χ1) is 12.2. The molecule has 0 amide bonds. The van der Waals surface area contributed by atoms with Crippen LogP contribution in [-0.2, 0) is 0 Å². The van der Waals surface area contributed by atoms with Gasteiger partial charge in [0.2, 0.25) is 0 Å². The summed E-state index contributed by atoms with van der Waals surface area (Å²) in [7, 11) is 0. The molecule has 1 heteroatoms. The molecule has 0 radical (unpaired) electrons. The summed E-state index contributed by atoms with van der Waals surface area (Å²) in [6, 6.07) is 0. The van der Waals surface area contributed by atoms with Crippen molar-refractivity contribution in [2.45, 2.75) is 128 Å². The van der Waals surface area contributed by atoms with Crippen molar-refractivity contribution in [1.82, 2.24) is 0 Å². The van der Waals surface area contributed by atoms with Crippen molar-refractivity contribution in [3.63, 3.8) is 0 Å². The number of aliphatic hydroxyl groups is 1. The lowest BCUT2D eigenvalue weighted by molar-refractivity contribution is -0.173. The highest BCUT2D eigenvalue weighted by atomic mass is 16.3. The molecule has 4 bridgehead atoms. The largest absolute Gasteiger partial charge is 0.390 e. The minimum Gasteiger partial charge on any atom is -0.390 e. The highest BCUT2D eigenvalue weighted by Gasteiger charge is 2.55. The van der Waals surface area contributed by atoms with Crippen LogP contribution in [-0.4, -0.2) is 10.7 Å². The van der Waals surface area contributed by atoms with Crippen LogP contribution in [0.3, 0.4) is 0 Å². The molecule has 4 aliphatic carbocycles. The Morgan fingerprint density at radius 3 is 1.64 bits per heavy atom. The molecule has 4 saturated carbocycles. The SMILES string of the molecule is CCCCCCCCCCCCCCC1C2CC3CC(C2)CC1(O)C3.